The molecule has 1 saturated heterocycles. The number of rotatable bonds is 8. The highest BCUT2D eigenvalue weighted by molar-refractivity contribution is 7.92. The summed E-state index contributed by atoms with van der Waals surface area (Å²) in [5, 5.41) is 2.62. The SMILES string of the molecule is CS(=O)(=O)N(CC(=O)NCc1ccc(CN2CCOCC2)cc1)c1cccc(C(F)(F)F)c1. The Hall–Kier alpha value is -2.63. The van der Waals surface area contributed by atoms with Gasteiger partial charge in [-0.2, -0.15) is 13.2 Å². The van der Waals surface area contributed by atoms with E-state index in [1.54, 1.807) is 0 Å². The number of hydrogen-bond acceptors (Lipinski definition) is 5. The topological polar surface area (TPSA) is 79.0 Å². The van der Waals surface area contributed by atoms with Gasteiger partial charge in [-0.05, 0) is 29.3 Å². The van der Waals surface area contributed by atoms with Gasteiger partial charge >= 0.3 is 6.18 Å². The summed E-state index contributed by atoms with van der Waals surface area (Å²) in [5.41, 5.74) is 0.722. The number of morpholine rings is 1. The Balaban J connectivity index is 1.60. The number of ether oxygens (including phenoxy) is 1. The van der Waals surface area contributed by atoms with Crippen LogP contribution in [-0.4, -0.2) is 58.3 Å². The highest BCUT2D eigenvalue weighted by atomic mass is 32.2. The molecule has 0 aliphatic carbocycles. The third-order valence-electron chi connectivity index (χ3n) is 5.17. The molecule has 3 rings (SSSR count). The molecule has 180 valence electrons. The number of sulfonamides is 1. The van der Waals surface area contributed by atoms with Crippen LogP contribution in [0.25, 0.3) is 0 Å². The van der Waals surface area contributed by atoms with Gasteiger partial charge in [0, 0.05) is 26.2 Å². The van der Waals surface area contributed by atoms with E-state index < -0.39 is 34.2 Å². The van der Waals surface area contributed by atoms with Crippen LogP contribution < -0.4 is 9.62 Å². The van der Waals surface area contributed by atoms with Crippen LogP contribution in [0.1, 0.15) is 16.7 Å². The zero-order valence-electron chi connectivity index (χ0n) is 18.1. The van der Waals surface area contributed by atoms with Crippen molar-refractivity contribution in [2.45, 2.75) is 19.3 Å². The molecule has 0 unspecified atom stereocenters. The lowest BCUT2D eigenvalue weighted by molar-refractivity contribution is -0.137. The first kappa shape index (κ1) is 25.0. The van der Waals surface area contributed by atoms with E-state index >= 15 is 0 Å². The maximum Gasteiger partial charge on any atom is 0.416 e. The van der Waals surface area contributed by atoms with Gasteiger partial charge in [0.25, 0.3) is 0 Å². The molecule has 33 heavy (non-hydrogen) atoms. The molecule has 0 aromatic heterocycles. The lowest BCUT2D eigenvalue weighted by atomic mass is 10.1. The van der Waals surface area contributed by atoms with Gasteiger partial charge in [0.05, 0.1) is 30.7 Å². The third-order valence-corrected chi connectivity index (χ3v) is 6.31. The molecule has 0 spiro atoms. The minimum absolute atomic E-state index is 0.164. The molecule has 1 N–H and O–H groups in total. The average molecular weight is 486 g/mol. The second-order valence-corrected chi connectivity index (χ2v) is 9.71. The number of alkyl halides is 3. The molecular formula is C22H26F3N3O4S. The average Bonchev–Trinajstić information content (AvgIpc) is 2.76. The summed E-state index contributed by atoms with van der Waals surface area (Å²) in [4.78, 5) is 14.7. The fourth-order valence-electron chi connectivity index (χ4n) is 3.40. The van der Waals surface area contributed by atoms with E-state index in [0.29, 0.717) is 10.4 Å². The van der Waals surface area contributed by atoms with Crippen LogP contribution in [0.3, 0.4) is 0 Å². The molecule has 1 aliphatic rings. The Morgan fingerprint density at radius 1 is 1.09 bits per heavy atom. The molecule has 11 heteroatoms. The lowest BCUT2D eigenvalue weighted by Crippen LogP contribution is -2.40. The van der Waals surface area contributed by atoms with Gasteiger partial charge in [0.2, 0.25) is 15.9 Å². The molecule has 0 atom stereocenters. The van der Waals surface area contributed by atoms with Crippen LogP contribution in [0, 0.1) is 0 Å². The fourth-order valence-corrected chi connectivity index (χ4v) is 4.25. The van der Waals surface area contributed by atoms with E-state index in [1.807, 2.05) is 24.3 Å². The van der Waals surface area contributed by atoms with Gasteiger partial charge in [0.15, 0.2) is 0 Å². The van der Waals surface area contributed by atoms with Crippen LogP contribution in [0.2, 0.25) is 0 Å². The van der Waals surface area contributed by atoms with E-state index in [4.69, 9.17) is 4.74 Å². The Morgan fingerprint density at radius 2 is 1.73 bits per heavy atom. The molecule has 7 nitrogen and oxygen atoms in total. The minimum atomic E-state index is -4.63. The van der Waals surface area contributed by atoms with Crippen molar-refractivity contribution in [2.24, 2.45) is 0 Å². The Morgan fingerprint density at radius 3 is 2.33 bits per heavy atom. The van der Waals surface area contributed by atoms with Crippen molar-refractivity contribution >= 4 is 21.6 Å². The summed E-state index contributed by atoms with van der Waals surface area (Å²) in [6.45, 7) is 3.52. The van der Waals surface area contributed by atoms with Crippen LogP contribution in [0.15, 0.2) is 48.5 Å². The maximum atomic E-state index is 13.0. The van der Waals surface area contributed by atoms with Gasteiger partial charge in [-0.15, -0.1) is 0 Å². The Bertz CT molecular complexity index is 1050. The van der Waals surface area contributed by atoms with Crippen molar-refractivity contribution in [3.8, 4) is 0 Å². The van der Waals surface area contributed by atoms with E-state index in [1.165, 1.54) is 6.07 Å². The highest BCUT2D eigenvalue weighted by Gasteiger charge is 2.32. The van der Waals surface area contributed by atoms with Gasteiger partial charge < -0.3 is 10.1 Å². The number of nitrogens with zero attached hydrogens (tertiary/aromatic N) is 2. The summed E-state index contributed by atoms with van der Waals surface area (Å²) in [5.74, 6) is -0.629. The van der Waals surface area contributed by atoms with Crippen molar-refractivity contribution in [1.29, 1.82) is 0 Å². The predicted octanol–water partition coefficient (Wildman–Crippen LogP) is 2.62. The molecule has 1 aliphatic heterocycles. The number of nitrogens with one attached hydrogen (secondary N) is 1. The standard InChI is InChI=1S/C22H26F3N3O4S/c1-33(30,31)28(20-4-2-3-19(13-20)22(23,24)25)16-21(29)26-14-17-5-7-18(8-6-17)15-27-9-11-32-12-10-27/h2-8,13H,9-12,14-16H2,1H3,(H,26,29). The zero-order chi connectivity index (χ0) is 24.1. The van der Waals surface area contributed by atoms with Crippen molar-refractivity contribution in [2.75, 3.05) is 43.4 Å². The molecule has 0 radical (unpaired) electrons. The normalized spacial score (nSPS) is 15.3. The van der Waals surface area contributed by atoms with E-state index in [2.05, 4.69) is 10.2 Å². The van der Waals surface area contributed by atoms with Crippen molar-refractivity contribution in [3.05, 3.63) is 65.2 Å². The van der Waals surface area contributed by atoms with Gasteiger partial charge in [-0.1, -0.05) is 30.3 Å². The summed E-state index contributed by atoms with van der Waals surface area (Å²) < 4.78 is 69.3. The Labute approximate surface area is 191 Å². The fraction of sp³-hybridized carbons (Fsp3) is 0.409. The predicted molar refractivity (Wildman–Crippen MR) is 118 cm³/mol. The first-order chi connectivity index (χ1) is 15.5. The zero-order valence-corrected chi connectivity index (χ0v) is 19.0. The van der Waals surface area contributed by atoms with Crippen molar-refractivity contribution < 1.29 is 31.1 Å². The summed E-state index contributed by atoms with van der Waals surface area (Å²) >= 11 is 0. The number of carbonyl (C=O) groups excluding carboxylic acids is 1. The van der Waals surface area contributed by atoms with Gasteiger partial charge in [-0.3, -0.25) is 14.0 Å². The van der Waals surface area contributed by atoms with Gasteiger partial charge in [-0.25, -0.2) is 8.42 Å². The number of amides is 1. The monoisotopic (exact) mass is 485 g/mol. The van der Waals surface area contributed by atoms with E-state index in [0.717, 1.165) is 62.4 Å². The van der Waals surface area contributed by atoms with Crippen molar-refractivity contribution in [3.63, 3.8) is 0 Å². The van der Waals surface area contributed by atoms with Gasteiger partial charge in [0.1, 0.15) is 6.54 Å². The van der Waals surface area contributed by atoms with Crippen LogP contribution >= 0.6 is 0 Å². The molecule has 1 heterocycles. The summed E-state index contributed by atoms with van der Waals surface area (Å²) in [6, 6.07) is 11.5. The number of carbonyl (C=O) groups is 1. The molecule has 1 amide bonds. The molecule has 2 aromatic carbocycles. The molecular weight excluding hydrogens is 459 g/mol. The number of benzene rings is 2. The quantitative estimate of drug-likeness (QED) is 0.622. The number of halogens is 3. The highest BCUT2D eigenvalue weighted by Crippen LogP contribution is 2.32. The third kappa shape index (κ3) is 7.44. The van der Waals surface area contributed by atoms with E-state index in [-0.39, 0.29) is 12.2 Å². The number of anilines is 1. The van der Waals surface area contributed by atoms with Crippen LogP contribution in [-0.2, 0) is 38.8 Å². The molecule has 1 fully saturated rings. The lowest BCUT2D eigenvalue weighted by Gasteiger charge is -2.26. The minimum Gasteiger partial charge on any atom is -0.379 e. The maximum absolute atomic E-state index is 13.0. The van der Waals surface area contributed by atoms with Crippen molar-refractivity contribution in [1.82, 2.24) is 10.2 Å². The van der Waals surface area contributed by atoms with Crippen LogP contribution in [0.4, 0.5) is 18.9 Å². The second-order valence-electron chi connectivity index (χ2n) is 7.80. The second kappa shape index (κ2) is 10.5. The van der Waals surface area contributed by atoms with E-state index in [9.17, 15) is 26.4 Å². The largest absolute Gasteiger partial charge is 0.416 e. The summed E-state index contributed by atoms with van der Waals surface area (Å²) in [7, 11) is -3.99. The first-order valence-corrected chi connectivity index (χ1v) is 12.2. The molecule has 0 saturated carbocycles. The number of hydrogen-bond donors (Lipinski definition) is 1. The molecule has 0 bridgehead atoms. The van der Waals surface area contributed by atoms with Crippen LogP contribution in [0.5, 0.6) is 0 Å². The Kier molecular flexibility index (Phi) is 7.98. The summed E-state index contributed by atoms with van der Waals surface area (Å²) in [6.07, 6.45) is -3.79. The smallest absolute Gasteiger partial charge is 0.379 e. The first-order valence-electron chi connectivity index (χ1n) is 10.3. The molecule has 2 aromatic rings.